The van der Waals surface area contributed by atoms with Crippen LogP contribution in [0.15, 0.2) is 70.4 Å². The predicted molar refractivity (Wildman–Crippen MR) is 131 cm³/mol. The summed E-state index contributed by atoms with van der Waals surface area (Å²) >= 11 is 1.28. The highest BCUT2D eigenvalue weighted by Gasteiger charge is 2.18. The first-order chi connectivity index (χ1) is 16.4. The molecule has 2 aromatic heterocycles. The van der Waals surface area contributed by atoms with E-state index in [1.807, 2.05) is 67.8 Å². The maximum absolute atomic E-state index is 12.6. The Hall–Kier alpha value is -3.85. The van der Waals surface area contributed by atoms with Crippen LogP contribution in [0.2, 0.25) is 0 Å². The fraction of sp³-hybridized carbons (Fsp3) is 0.200. The number of nitrogens with one attached hydrogen (secondary N) is 2. The van der Waals surface area contributed by atoms with Gasteiger partial charge in [0.25, 0.3) is 5.91 Å². The summed E-state index contributed by atoms with van der Waals surface area (Å²) in [7, 11) is 0. The van der Waals surface area contributed by atoms with Crippen LogP contribution in [0.1, 0.15) is 33.1 Å². The van der Waals surface area contributed by atoms with E-state index in [0.717, 1.165) is 28.1 Å². The molecule has 0 unspecified atom stereocenters. The van der Waals surface area contributed by atoms with E-state index in [1.165, 1.54) is 18.0 Å². The molecule has 0 saturated heterocycles. The Kier molecular flexibility index (Phi) is 7.12. The largest absolute Gasteiger partial charge is 0.459 e. The second kappa shape index (κ2) is 10.4. The summed E-state index contributed by atoms with van der Waals surface area (Å²) in [5, 5.41) is 14.9. The van der Waals surface area contributed by atoms with Crippen molar-refractivity contribution in [1.29, 1.82) is 0 Å². The average Bonchev–Trinajstić information content (AvgIpc) is 3.49. The van der Waals surface area contributed by atoms with Crippen molar-refractivity contribution in [3.8, 4) is 5.69 Å². The van der Waals surface area contributed by atoms with Gasteiger partial charge in [-0.2, -0.15) is 0 Å². The number of rotatable bonds is 8. The predicted octanol–water partition coefficient (Wildman–Crippen LogP) is 4.45. The van der Waals surface area contributed by atoms with Gasteiger partial charge in [-0.25, -0.2) is 0 Å². The molecule has 2 heterocycles. The number of thioether (sulfide) groups is 1. The molecule has 4 aromatic rings. The Morgan fingerprint density at radius 1 is 1.00 bits per heavy atom. The van der Waals surface area contributed by atoms with Gasteiger partial charge in [-0.05, 0) is 67.8 Å². The highest BCUT2D eigenvalue weighted by Crippen LogP contribution is 2.24. The van der Waals surface area contributed by atoms with Crippen LogP contribution in [0.4, 0.5) is 5.69 Å². The number of hydrogen-bond donors (Lipinski definition) is 2. The van der Waals surface area contributed by atoms with Crippen LogP contribution >= 0.6 is 11.8 Å². The molecule has 2 aromatic carbocycles. The lowest BCUT2D eigenvalue weighted by molar-refractivity contribution is -0.113. The summed E-state index contributed by atoms with van der Waals surface area (Å²) in [6.45, 7) is 6.09. The van der Waals surface area contributed by atoms with Gasteiger partial charge in [0.2, 0.25) is 5.91 Å². The van der Waals surface area contributed by atoms with Gasteiger partial charge in [-0.3, -0.25) is 14.2 Å². The average molecular weight is 476 g/mol. The molecule has 4 rings (SSSR count). The second-order valence-corrected chi connectivity index (χ2v) is 8.83. The minimum atomic E-state index is -0.342. The van der Waals surface area contributed by atoms with Gasteiger partial charge in [-0.15, -0.1) is 10.2 Å². The molecule has 174 valence electrons. The molecular weight excluding hydrogens is 450 g/mol. The van der Waals surface area contributed by atoms with Crippen LogP contribution in [0.25, 0.3) is 5.69 Å². The summed E-state index contributed by atoms with van der Waals surface area (Å²) in [5.41, 5.74) is 4.80. The summed E-state index contributed by atoms with van der Waals surface area (Å²) in [6, 6.07) is 17.1. The Bertz CT molecular complexity index is 1310. The van der Waals surface area contributed by atoms with Crippen molar-refractivity contribution in [2.24, 2.45) is 0 Å². The fourth-order valence-corrected chi connectivity index (χ4v) is 4.15. The molecule has 2 N–H and O–H groups in total. The Morgan fingerprint density at radius 2 is 1.82 bits per heavy atom. The molecule has 0 fully saturated rings. The molecule has 0 aliphatic rings. The van der Waals surface area contributed by atoms with Crippen molar-refractivity contribution in [2.45, 2.75) is 32.5 Å². The van der Waals surface area contributed by atoms with Crippen molar-refractivity contribution >= 4 is 29.3 Å². The minimum absolute atomic E-state index is 0.134. The molecule has 2 amide bonds. The summed E-state index contributed by atoms with van der Waals surface area (Å²) in [6.07, 6.45) is 1.45. The van der Waals surface area contributed by atoms with Crippen LogP contribution in [0.5, 0.6) is 0 Å². The topological polar surface area (TPSA) is 102 Å². The number of hydrogen-bond acceptors (Lipinski definition) is 6. The number of aryl methyl sites for hydroxylation is 3. The van der Waals surface area contributed by atoms with Crippen LogP contribution in [0, 0.1) is 20.8 Å². The zero-order valence-electron chi connectivity index (χ0n) is 19.2. The third-order valence-corrected chi connectivity index (χ3v) is 6.04. The van der Waals surface area contributed by atoms with Gasteiger partial charge in [0.05, 0.1) is 18.6 Å². The number of benzene rings is 2. The van der Waals surface area contributed by atoms with E-state index < -0.39 is 0 Å². The molecule has 0 aliphatic heterocycles. The molecule has 0 radical (unpaired) electrons. The number of carbonyl (C=O) groups excluding carboxylic acids is 2. The Morgan fingerprint density at radius 3 is 2.59 bits per heavy atom. The summed E-state index contributed by atoms with van der Waals surface area (Å²) in [5.74, 6) is 0.453. The highest BCUT2D eigenvalue weighted by atomic mass is 32.2. The smallest absolute Gasteiger partial charge is 0.287 e. The van der Waals surface area contributed by atoms with E-state index in [9.17, 15) is 9.59 Å². The van der Waals surface area contributed by atoms with Crippen molar-refractivity contribution < 1.29 is 14.0 Å². The van der Waals surface area contributed by atoms with Crippen molar-refractivity contribution in [2.75, 3.05) is 11.1 Å². The molecule has 9 heteroatoms. The van der Waals surface area contributed by atoms with E-state index in [4.69, 9.17) is 4.42 Å². The number of amides is 2. The zero-order chi connectivity index (χ0) is 24.1. The van der Waals surface area contributed by atoms with E-state index in [0.29, 0.717) is 11.0 Å². The van der Waals surface area contributed by atoms with Crippen LogP contribution in [-0.2, 0) is 11.3 Å². The van der Waals surface area contributed by atoms with E-state index in [2.05, 4.69) is 20.8 Å². The lowest BCUT2D eigenvalue weighted by Gasteiger charge is -2.12. The van der Waals surface area contributed by atoms with Crippen molar-refractivity contribution in [1.82, 2.24) is 20.1 Å². The molecule has 0 aliphatic carbocycles. The first-order valence-corrected chi connectivity index (χ1v) is 11.7. The second-order valence-electron chi connectivity index (χ2n) is 7.89. The lowest BCUT2D eigenvalue weighted by Crippen LogP contribution is -2.24. The molecule has 0 saturated carbocycles. The van der Waals surface area contributed by atoms with Crippen molar-refractivity contribution in [3.63, 3.8) is 0 Å². The molecule has 34 heavy (non-hydrogen) atoms. The van der Waals surface area contributed by atoms with Gasteiger partial charge in [0.1, 0.15) is 0 Å². The third kappa shape index (κ3) is 5.55. The number of aromatic nitrogens is 3. The van der Waals surface area contributed by atoms with E-state index in [1.54, 1.807) is 12.1 Å². The standard InChI is InChI=1S/C25H25N5O3S/c1-16-6-4-7-19(12-16)30-22(14-26-24(32)21-8-5-11-33-21)28-29-25(30)34-15-23(31)27-20-13-17(2)9-10-18(20)3/h4-13H,14-15H2,1-3H3,(H,26,32)(H,27,31). The number of anilines is 1. The number of furan rings is 1. The highest BCUT2D eigenvalue weighted by molar-refractivity contribution is 7.99. The zero-order valence-corrected chi connectivity index (χ0v) is 20.0. The van der Waals surface area contributed by atoms with Gasteiger partial charge in [0.15, 0.2) is 16.7 Å². The summed E-state index contributed by atoms with van der Waals surface area (Å²) in [4.78, 5) is 25.0. The summed E-state index contributed by atoms with van der Waals surface area (Å²) < 4.78 is 7.00. The minimum Gasteiger partial charge on any atom is -0.459 e. The third-order valence-electron chi connectivity index (χ3n) is 5.11. The van der Waals surface area contributed by atoms with Crippen LogP contribution in [-0.4, -0.2) is 32.3 Å². The Balaban J connectivity index is 1.51. The molecule has 0 spiro atoms. The molecular formula is C25H25N5O3S. The van der Waals surface area contributed by atoms with Gasteiger partial charge < -0.3 is 15.1 Å². The van der Waals surface area contributed by atoms with Gasteiger partial charge in [-0.1, -0.05) is 36.0 Å². The first kappa shape index (κ1) is 23.3. The SMILES string of the molecule is Cc1cccc(-n2c(CNC(=O)c3ccco3)nnc2SCC(=O)Nc2cc(C)ccc2C)c1. The number of carbonyl (C=O) groups is 2. The monoisotopic (exact) mass is 475 g/mol. The maximum atomic E-state index is 12.6. The maximum Gasteiger partial charge on any atom is 0.287 e. The Labute approximate surface area is 201 Å². The van der Waals surface area contributed by atoms with Gasteiger partial charge in [0, 0.05) is 11.4 Å². The van der Waals surface area contributed by atoms with Crippen LogP contribution < -0.4 is 10.6 Å². The quantitative estimate of drug-likeness (QED) is 0.365. The fourth-order valence-electron chi connectivity index (χ4n) is 3.38. The first-order valence-electron chi connectivity index (χ1n) is 10.7. The van der Waals surface area contributed by atoms with Crippen LogP contribution in [0.3, 0.4) is 0 Å². The number of nitrogens with zero attached hydrogens (tertiary/aromatic N) is 3. The van der Waals surface area contributed by atoms with E-state index in [-0.39, 0.29) is 29.9 Å². The lowest BCUT2D eigenvalue weighted by atomic mass is 10.1. The molecule has 0 atom stereocenters. The molecule has 8 nitrogen and oxygen atoms in total. The van der Waals surface area contributed by atoms with Crippen molar-refractivity contribution in [3.05, 3.63) is 89.1 Å². The van der Waals surface area contributed by atoms with Gasteiger partial charge >= 0.3 is 0 Å². The normalized spacial score (nSPS) is 10.8. The van der Waals surface area contributed by atoms with E-state index >= 15 is 0 Å². The molecule has 0 bridgehead atoms.